The van der Waals surface area contributed by atoms with Crippen LogP contribution in [-0.4, -0.2) is 18.2 Å². The van der Waals surface area contributed by atoms with Crippen molar-refractivity contribution >= 4 is 22.6 Å². The van der Waals surface area contributed by atoms with E-state index in [-0.39, 0.29) is 12.3 Å². The fraction of sp³-hybridized carbons (Fsp3) is 0.222. The van der Waals surface area contributed by atoms with Crippen LogP contribution in [0.1, 0.15) is 16.8 Å². The number of rotatable bonds is 4. The Hall–Kier alpha value is -2.82. The van der Waals surface area contributed by atoms with Crippen molar-refractivity contribution in [1.29, 1.82) is 0 Å². The SMILES string of the molecule is COc1ccc(NC(=O)Cc2noc3cc(C)cc(C)c23)cc1. The first kappa shape index (κ1) is 15.1. The summed E-state index contributed by atoms with van der Waals surface area (Å²) in [6, 6.07) is 11.2. The van der Waals surface area contributed by atoms with Gasteiger partial charge in [0.2, 0.25) is 5.91 Å². The van der Waals surface area contributed by atoms with E-state index in [9.17, 15) is 4.79 Å². The lowest BCUT2D eigenvalue weighted by molar-refractivity contribution is -0.115. The number of amides is 1. The van der Waals surface area contributed by atoms with Gasteiger partial charge < -0.3 is 14.6 Å². The second-order valence-electron chi connectivity index (χ2n) is 5.54. The fourth-order valence-corrected chi connectivity index (χ4v) is 2.67. The van der Waals surface area contributed by atoms with Crippen molar-refractivity contribution in [2.24, 2.45) is 0 Å². The highest BCUT2D eigenvalue weighted by Crippen LogP contribution is 2.24. The maximum absolute atomic E-state index is 12.2. The summed E-state index contributed by atoms with van der Waals surface area (Å²) in [4.78, 5) is 12.2. The van der Waals surface area contributed by atoms with Gasteiger partial charge in [0.15, 0.2) is 5.58 Å². The van der Waals surface area contributed by atoms with Crippen LogP contribution >= 0.6 is 0 Å². The minimum atomic E-state index is -0.134. The van der Waals surface area contributed by atoms with Gasteiger partial charge in [-0.15, -0.1) is 0 Å². The lowest BCUT2D eigenvalue weighted by Crippen LogP contribution is -2.14. The number of nitrogens with zero attached hydrogens (tertiary/aromatic N) is 1. The number of fused-ring (bicyclic) bond motifs is 1. The maximum atomic E-state index is 12.2. The summed E-state index contributed by atoms with van der Waals surface area (Å²) in [6.07, 6.45) is 0.170. The first-order valence-corrected chi connectivity index (χ1v) is 7.36. The number of hydrogen-bond donors (Lipinski definition) is 1. The molecule has 0 spiro atoms. The number of methoxy groups -OCH3 is 1. The number of nitrogens with one attached hydrogen (secondary N) is 1. The smallest absolute Gasteiger partial charge is 0.230 e. The number of carbonyl (C=O) groups is 1. The first-order valence-electron chi connectivity index (χ1n) is 7.36. The molecule has 0 radical (unpaired) electrons. The Balaban J connectivity index is 1.77. The van der Waals surface area contributed by atoms with Crippen molar-refractivity contribution in [2.75, 3.05) is 12.4 Å². The van der Waals surface area contributed by atoms with E-state index < -0.39 is 0 Å². The molecule has 0 bridgehead atoms. The second-order valence-corrected chi connectivity index (χ2v) is 5.54. The Morgan fingerprint density at radius 3 is 2.65 bits per heavy atom. The summed E-state index contributed by atoms with van der Waals surface area (Å²) >= 11 is 0. The van der Waals surface area contributed by atoms with Gasteiger partial charge in [-0.1, -0.05) is 11.2 Å². The highest BCUT2D eigenvalue weighted by Gasteiger charge is 2.15. The molecule has 3 aromatic rings. The van der Waals surface area contributed by atoms with Crippen molar-refractivity contribution in [3.05, 3.63) is 53.2 Å². The van der Waals surface area contributed by atoms with Crippen molar-refractivity contribution in [3.8, 4) is 5.75 Å². The topological polar surface area (TPSA) is 64.4 Å². The Morgan fingerprint density at radius 2 is 1.96 bits per heavy atom. The summed E-state index contributed by atoms with van der Waals surface area (Å²) in [5, 5.41) is 7.82. The third-order valence-electron chi connectivity index (χ3n) is 3.69. The number of anilines is 1. The molecule has 0 fully saturated rings. The number of hydrogen-bond acceptors (Lipinski definition) is 4. The number of benzene rings is 2. The molecule has 0 unspecified atom stereocenters. The zero-order chi connectivity index (χ0) is 16.4. The van der Waals surface area contributed by atoms with Crippen LogP contribution in [0.3, 0.4) is 0 Å². The number of aromatic nitrogens is 1. The molecule has 0 aliphatic heterocycles. The minimum absolute atomic E-state index is 0.134. The van der Waals surface area contributed by atoms with Crippen LogP contribution in [0.25, 0.3) is 11.0 Å². The second kappa shape index (κ2) is 6.12. The summed E-state index contributed by atoms with van der Waals surface area (Å²) in [6.45, 7) is 4.00. The zero-order valence-corrected chi connectivity index (χ0v) is 13.3. The van der Waals surface area contributed by atoms with E-state index in [1.54, 1.807) is 31.4 Å². The molecule has 118 valence electrons. The first-order chi connectivity index (χ1) is 11.1. The van der Waals surface area contributed by atoms with Crippen LogP contribution in [0.4, 0.5) is 5.69 Å². The monoisotopic (exact) mass is 310 g/mol. The van der Waals surface area contributed by atoms with Gasteiger partial charge in [0, 0.05) is 11.1 Å². The van der Waals surface area contributed by atoms with E-state index in [4.69, 9.17) is 9.26 Å². The van der Waals surface area contributed by atoms with Gasteiger partial charge in [0.1, 0.15) is 11.4 Å². The zero-order valence-electron chi connectivity index (χ0n) is 13.3. The number of carbonyl (C=O) groups excluding carboxylic acids is 1. The van der Waals surface area contributed by atoms with Gasteiger partial charge in [-0.05, 0) is 55.3 Å². The molecule has 1 aromatic heterocycles. The van der Waals surface area contributed by atoms with Crippen LogP contribution in [0.15, 0.2) is 40.9 Å². The third kappa shape index (κ3) is 3.18. The van der Waals surface area contributed by atoms with Crippen LogP contribution in [-0.2, 0) is 11.2 Å². The van der Waals surface area contributed by atoms with Crippen LogP contribution in [0.2, 0.25) is 0 Å². The predicted octanol–water partition coefficient (Wildman–Crippen LogP) is 3.63. The average molecular weight is 310 g/mol. The minimum Gasteiger partial charge on any atom is -0.497 e. The van der Waals surface area contributed by atoms with Crippen molar-refractivity contribution in [1.82, 2.24) is 5.16 Å². The highest BCUT2D eigenvalue weighted by atomic mass is 16.5. The lowest BCUT2D eigenvalue weighted by atomic mass is 10.0. The highest BCUT2D eigenvalue weighted by molar-refractivity contribution is 5.95. The standard InChI is InChI=1S/C18H18N2O3/c1-11-8-12(2)18-15(20-23-16(18)9-11)10-17(21)19-13-4-6-14(22-3)7-5-13/h4-9H,10H2,1-3H3,(H,19,21). The summed E-state index contributed by atoms with van der Waals surface area (Å²) in [5.41, 5.74) is 4.27. The predicted molar refractivity (Wildman–Crippen MR) is 88.8 cm³/mol. The molecule has 5 heteroatoms. The number of aryl methyl sites for hydroxylation is 2. The lowest BCUT2D eigenvalue weighted by Gasteiger charge is -2.06. The average Bonchev–Trinajstić information content (AvgIpc) is 2.90. The van der Waals surface area contributed by atoms with Crippen LogP contribution < -0.4 is 10.1 Å². The van der Waals surface area contributed by atoms with Gasteiger partial charge in [-0.25, -0.2) is 0 Å². The van der Waals surface area contributed by atoms with E-state index in [2.05, 4.69) is 16.5 Å². The molecule has 0 saturated carbocycles. The number of ether oxygens (including phenoxy) is 1. The molecule has 1 N–H and O–H groups in total. The summed E-state index contributed by atoms with van der Waals surface area (Å²) in [5.74, 6) is 0.613. The van der Waals surface area contributed by atoms with Crippen molar-refractivity contribution in [2.45, 2.75) is 20.3 Å². The van der Waals surface area contributed by atoms with Crippen LogP contribution in [0.5, 0.6) is 5.75 Å². The van der Waals surface area contributed by atoms with Gasteiger partial charge in [0.05, 0.1) is 13.5 Å². The van der Waals surface area contributed by atoms with Gasteiger partial charge in [-0.3, -0.25) is 4.79 Å². The molecule has 0 saturated heterocycles. The van der Waals surface area contributed by atoms with Crippen LogP contribution in [0, 0.1) is 13.8 Å². The molecule has 2 aromatic carbocycles. The van der Waals surface area contributed by atoms with E-state index >= 15 is 0 Å². The van der Waals surface area contributed by atoms with Crippen molar-refractivity contribution in [3.63, 3.8) is 0 Å². The van der Waals surface area contributed by atoms with E-state index in [0.29, 0.717) is 5.69 Å². The Kier molecular flexibility index (Phi) is 4.02. The fourth-order valence-electron chi connectivity index (χ4n) is 2.67. The van der Waals surface area contributed by atoms with Crippen molar-refractivity contribution < 1.29 is 14.1 Å². The Labute approximate surface area is 134 Å². The third-order valence-corrected chi connectivity index (χ3v) is 3.69. The van der Waals surface area contributed by atoms with E-state index in [1.807, 2.05) is 19.9 Å². The molecular formula is C18H18N2O3. The largest absolute Gasteiger partial charge is 0.497 e. The van der Waals surface area contributed by atoms with Gasteiger partial charge >= 0.3 is 0 Å². The molecule has 1 amide bonds. The quantitative estimate of drug-likeness (QED) is 0.799. The molecule has 1 heterocycles. The summed E-state index contributed by atoms with van der Waals surface area (Å²) in [7, 11) is 1.60. The Morgan fingerprint density at radius 1 is 1.22 bits per heavy atom. The molecule has 0 aliphatic rings. The molecule has 3 rings (SSSR count). The normalized spacial score (nSPS) is 10.7. The molecular weight excluding hydrogens is 292 g/mol. The molecule has 0 atom stereocenters. The molecule has 0 aliphatic carbocycles. The van der Waals surface area contributed by atoms with Gasteiger partial charge in [-0.2, -0.15) is 0 Å². The van der Waals surface area contributed by atoms with E-state index in [0.717, 1.165) is 33.5 Å². The summed E-state index contributed by atoms with van der Waals surface area (Å²) < 4.78 is 10.4. The molecule has 5 nitrogen and oxygen atoms in total. The van der Waals surface area contributed by atoms with Gasteiger partial charge in [0.25, 0.3) is 0 Å². The van der Waals surface area contributed by atoms with E-state index in [1.165, 1.54) is 0 Å². The molecule has 23 heavy (non-hydrogen) atoms. The maximum Gasteiger partial charge on any atom is 0.230 e. The Bertz CT molecular complexity index is 851.